The third-order valence-electron chi connectivity index (χ3n) is 16.9. The minimum Gasteiger partial charge on any atom is -0.462 e. The van der Waals surface area contributed by atoms with Crippen LogP contribution in [0.25, 0.3) is 0 Å². The van der Waals surface area contributed by atoms with Crippen molar-refractivity contribution in [3.63, 3.8) is 0 Å². The number of aliphatic hydroxyl groups is 1. The van der Waals surface area contributed by atoms with Crippen LogP contribution < -0.4 is 0 Å². The lowest BCUT2D eigenvalue weighted by Crippen LogP contribution is -2.28. The van der Waals surface area contributed by atoms with Gasteiger partial charge in [0.15, 0.2) is 6.10 Å². The number of carbonyl (C=O) groups excluding carboxylic acids is 2. The largest absolute Gasteiger partial charge is 0.462 e. The van der Waals surface area contributed by atoms with Crippen molar-refractivity contribution >= 4 is 11.9 Å². The second-order valence-electron chi connectivity index (χ2n) is 25.0. The molecule has 5 nitrogen and oxygen atoms in total. The summed E-state index contributed by atoms with van der Waals surface area (Å²) in [7, 11) is 0. The lowest BCUT2D eigenvalue weighted by atomic mass is 10.0. The molecule has 1 N–H and O–H groups in total. The van der Waals surface area contributed by atoms with Crippen molar-refractivity contribution in [1.29, 1.82) is 0 Å². The Hall–Kier alpha value is -1.88. The van der Waals surface area contributed by atoms with Crippen LogP contribution in [0.5, 0.6) is 0 Å². The van der Waals surface area contributed by atoms with Crippen LogP contribution in [0.15, 0.2) is 36.5 Å². The zero-order valence-corrected chi connectivity index (χ0v) is 54.4. The average molecular weight is 1120 g/mol. The summed E-state index contributed by atoms with van der Waals surface area (Å²) in [4.78, 5) is 24.7. The molecule has 0 aliphatic rings. The number of carbonyl (C=O) groups is 2. The van der Waals surface area contributed by atoms with Gasteiger partial charge in [0.05, 0.1) is 6.61 Å². The summed E-state index contributed by atoms with van der Waals surface area (Å²) in [6.45, 7) is 4.19. The highest BCUT2D eigenvalue weighted by Gasteiger charge is 2.16. The molecule has 0 spiro atoms. The minimum atomic E-state index is -0.770. The van der Waals surface area contributed by atoms with E-state index < -0.39 is 6.10 Å². The Morgan fingerprint density at radius 2 is 0.500 bits per heavy atom. The molecule has 0 bridgehead atoms. The first kappa shape index (κ1) is 78.1. The summed E-state index contributed by atoms with van der Waals surface area (Å²) in [6.07, 6.45) is 94.9. The van der Waals surface area contributed by atoms with Gasteiger partial charge in [0.2, 0.25) is 0 Å². The van der Waals surface area contributed by atoms with Crippen molar-refractivity contribution in [3.05, 3.63) is 36.5 Å². The van der Waals surface area contributed by atoms with Crippen molar-refractivity contribution in [2.45, 2.75) is 418 Å². The van der Waals surface area contributed by atoms with E-state index >= 15 is 0 Å². The molecule has 0 rings (SSSR count). The van der Waals surface area contributed by atoms with E-state index in [0.29, 0.717) is 12.8 Å². The Bertz CT molecular complexity index is 1270. The van der Waals surface area contributed by atoms with E-state index in [2.05, 4.69) is 50.3 Å². The molecule has 0 aromatic heterocycles. The molecule has 0 aliphatic heterocycles. The Morgan fingerprint density at radius 1 is 0.287 bits per heavy atom. The van der Waals surface area contributed by atoms with E-state index in [1.165, 1.54) is 347 Å². The van der Waals surface area contributed by atoms with Crippen LogP contribution in [0, 0.1) is 0 Å². The minimum absolute atomic E-state index is 0.0592. The van der Waals surface area contributed by atoms with E-state index in [1.54, 1.807) is 0 Å². The maximum absolute atomic E-state index is 12.4. The molecule has 472 valence electrons. The number of esters is 2. The predicted octanol–water partition coefficient (Wildman–Crippen LogP) is 25.3. The molecule has 0 saturated carbocycles. The fourth-order valence-electron chi connectivity index (χ4n) is 11.4. The number of aliphatic hydroxyl groups excluding tert-OH is 1. The first-order valence-corrected chi connectivity index (χ1v) is 36.5. The second-order valence-corrected chi connectivity index (χ2v) is 25.0. The molecule has 1 atom stereocenters. The zero-order valence-electron chi connectivity index (χ0n) is 54.4. The van der Waals surface area contributed by atoms with Gasteiger partial charge in [-0.1, -0.05) is 365 Å². The normalized spacial score (nSPS) is 12.3. The summed E-state index contributed by atoms with van der Waals surface area (Å²) in [6, 6.07) is 0. The summed E-state index contributed by atoms with van der Waals surface area (Å²) >= 11 is 0. The van der Waals surface area contributed by atoms with Gasteiger partial charge in [0.1, 0.15) is 6.61 Å². The smallest absolute Gasteiger partial charge is 0.306 e. The molecule has 0 fully saturated rings. The molecular formula is C75H142O5. The second kappa shape index (κ2) is 71.4. The highest BCUT2D eigenvalue weighted by atomic mass is 16.6. The number of hydrogen-bond acceptors (Lipinski definition) is 5. The predicted molar refractivity (Wildman–Crippen MR) is 353 cm³/mol. The molecule has 0 aromatic rings. The van der Waals surface area contributed by atoms with Crippen molar-refractivity contribution in [2.75, 3.05) is 13.2 Å². The van der Waals surface area contributed by atoms with Crippen LogP contribution >= 0.6 is 0 Å². The Labute approximate surface area is 501 Å². The van der Waals surface area contributed by atoms with Gasteiger partial charge in [-0.2, -0.15) is 0 Å². The van der Waals surface area contributed by atoms with Crippen molar-refractivity contribution < 1.29 is 24.2 Å². The van der Waals surface area contributed by atoms with Crippen LogP contribution in [-0.4, -0.2) is 36.4 Å². The van der Waals surface area contributed by atoms with E-state index in [-0.39, 0.29) is 25.2 Å². The maximum atomic E-state index is 12.4. The van der Waals surface area contributed by atoms with Gasteiger partial charge in [-0.25, -0.2) is 0 Å². The van der Waals surface area contributed by atoms with Crippen LogP contribution in [0.2, 0.25) is 0 Å². The van der Waals surface area contributed by atoms with Crippen molar-refractivity contribution in [1.82, 2.24) is 0 Å². The monoisotopic (exact) mass is 1120 g/mol. The number of unbranched alkanes of at least 4 members (excludes halogenated alkanes) is 55. The molecular weight excluding hydrogens is 981 g/mol. The molecule has 5 heteroatoms. The first-order chi connectivity index (χ1) is 39.6. The Balaban J connectivity index is 3.37. The molecule has 0 amide bonds. The number of hydrogen-bond donors (Lipinski definition) is 1. The average Bonchev–Trinajstić information content (AvgIpc) is 3.46. The standard InChI is InChI=1S/C75H142O5/c1-3-5-7-9-11-13-15-17-19-21-23-25-27-29-31-33-34-35-36-37-38-39-40-42-43-45-47-49-51-53-55-57-59-61-63-65-67-69-74(77)79-72-73(71-76)80-75(78)70-68-66-64-62-60-58-56-54-52-50-48-46-44-41-32-30-28-26-24-22-20-18-16-14-12-10-8-6-4-2/h16,18,21-24,73,76H,3-15,17,19-20,25-72H2,1-2H3/b18-16-,23-21-,24-22-. The SMILES string of the molecule is CCCCCCC/C=C\C/C=C\CCCCCCCCCCCCCCCCCCCC(=O)OC(CO)COC(=O)CCCCCCCCCCCCCCCCCCCCCCCCCCC/C=C\CCCCCCCCCC. The Kier molecular flexibility index (Phi) is 69.7. The lowest BCUT2D eigenvalue weighted by Gasteiger charge is -2.15. The molecule has 0 saturated heterocycles. The van der Waals surface area contributed by atoms with Gasteiger partial charge < -0.3 is 14.6 Å². The third-order valence-corrected chi connectivity index (χ3v) is 16.9. The van der Waals surface area contributed by atoms with E-state index in [4.69, 9.17) is 9.47 Å². The van der Waals surface area contributed by atoms with E-state index in [0.717, 1.165) is 38.5 Å². The topological polar surface area (TPSA) is 72.8 Å². The molecule has 0 radical (unpaired) electrons. The summed E-state index contributed by atoms with van der Waals surface area (Å²) in [5.74, 6) is -0.565. The molecule has 0 aromatic carbocycles. The van der Waals surface area contributed by atoms with Gasteiger partial charge in [-0.05, 0) is 70.6 Å². The number of rotatable bonds is 69. The van der Waals surface area contributed by atoms with E-state index in [9.17, 15) is 14.7 Å². The van der Waals surface area contributed by atoms with Gasteiger partial charge in [-0.3, -0.25) is 9.59 Å². The number of ether oxygens (including phenoxy) is 2. The van der Waals surface area contributed by atoms with Crippen LogP contribution in [0.3, 0.4) is 0 Å². The fourth-order valence-corrected chi connectivity index (χ4v) is 11.4. The third kappa shape index (κ3) is 68.6. The van der Waals surface area contributed by atoms with Crippen molar-refractivity contribution in [2.24, 2.45) is 0 Å². The van der Waals surface area contributed by atoms with E-state index in [1.807, 2.05) is 0 Å². The van der Waals surface area contributed by atoms with Gasteiger partial charge in [0, 0.05) is 12.8 Å². The highest BCUT2D eigenvalue weighted by Crippen LogP contribution is 2.19. The van der Waals surface area contributed by atoms with Crippen LogP contribution in [0.4, 0.5) is 0 Å². The van der Waals surface area contributed by atoms with Gasteiger partial charge in [0.25, 0.3) is 0 Å². The summed E-state index contributed by atoms with van der Waals surface area (Å²) < 4.78 is 10.8. The first-order valence-electron chi connectivity index (χ1n) is 36.5. The maximum Gasteiger partial charge on any atom is 0.306 e. The Morgan fingerprint density at radius 3 is 0.750 bits per heavy atom. The quantitative estimate of drug-likeness (QED) is 0.0373. The van der Waals surface area contributed by atoms with Crippen molar-refractivity contribution in [3.8, 4) is 0 Å². The van der Waals surface area contributed by atoms with Crippen LogP contribution in [0.1, 0.15) is 412 Å². The molecule has 80 heavy (non-hydrogen) atoms. The summed E-state index contributed by atoms with van der Waals surface area (Å²) in [5.41, 5.74) is 0. The highest BCUT2D eigenvalue weighted by molar-refractivity contribution is 5.70. The molecule has 0 aliphatic carbocycles. The van der Waals surface area contributed by atoms with Gasteiger partial charge >= 0.3 is 11.9 Å². The fraction of sp³-hybridized carbons (Fsp3) is 0.893. The van der Waals surface area contributed by atoms with Crippen LogP contribution in [-0.2, 0) is 19.1 Å². The zero-order chi connectivity index (χ0) is 57.6. The van der Waals surface area contributed by atoms with Gasteiger partial charge in [-0.15, -0.1) is 0 Å². The lowest BCUT2D eigenvalue weighted by molar-refractivity contribution is -0.161. The molecule has 0 heterocycles. The molecule has 1 unspecified atom stereocenters. The summed E-state index contributed by atoms with van der Waals surface area (Å²) in [5, 5.41) is 9.71. The number of allylic oxidation sites excluding steroid dienone is 6.